The number of piperidine rings is 1. The summed E-state index contributed by atoms with van der Waals surface area (Å²) in [6.45, 7) is 1.64. The minimum atomic E-state index is -0.562. The maximum absolute atomic E-state index is 12.3. The smallest absolute Gasteiger partial charge is 0.102 e. The van der Waals surface area contributed by atoms with Gasteiger partial charge < -0.3 is 4.90 Å². The van der Waals surface area contributed by atoms with Crippen molar-refractivity contribution in [3.05, 3.63) is 7.05 Å². The van der Waals surface area contributed by atoms with Crippen LogP contribution in [0.25, 0.3) is 0 Å². The van der Waals surface area contributed by atoms with Gasteiger partial charge in [0.1, 0.15) is 6.17 Å². The zero-order valence-electron chi connectivity index (χ0n) is 4.94. The summed E-state index contributed by atoms with van der Waals surface area (Å²) in [6, 6.07) is 0. The number of alkyl halides is 1. The molecule has 0 amide bonds. The highest BCUT2D eigenvalue weighted by molar-refractivity contribution is 4.69. The highest BCUT2D eigenvalue weighted by Crippen LogP contribution is 2.11. The molecule has 0 aromatic carbocycles. The van der Waals surface area contributed by atoms with E-state index in [-0.39, 0.29) is 0 Å². The number of likely N-dealkylation sites (tertiary alicyclic amines) is 1. The Morgan fingerprint density at radius 3 is 2.25 bits per heavy atom. The van der Waals surface area contributed by atoms with Crippen molar-refractivity contribution < 1.29 is 4.39 Å². The van der Waals surface area contributed by atoms with E-state index < -0.39 is 6.17 Å². The first-order valence-electron chi connectivity index (χ1n) is 2.98. The van der Waals surface area contributed by atoms with E-state index in [1.807, 2.05) is 4.90 Å². The molecule has 0 spiro atoms. The SMILES string of the molecule is [CH2-]N1CCC(F)CC1. The third-order valence-electron chi connectivity index (χ3n) is 1.52. The van der Waals surface area contributed by atoms with E-state index in [1.54, 1.807) is 0 Å². The highest BCUT2D eigenvalue weighted by atomic mass is 19.1. The van der Waals surface area contributed by atoms with Gasteiger partial charge in [-0.15, -0.1) is 0 Å². The minimum absolute atomic E-state index is 0.562. The van der Waals surface area contributed by atoms with Crippen LogP contribution in [-0.2, 0) is 0 Å². The number of rotatable bonds is 0. The van der Waals surface area contributed by atoms with Crippen molar-refractivity contribution in [3.63, 3.8) is 0 Å². The molecule has 1 saturated heterocycles. The number of hydrogen-bond donors (Lipinski definition) is 0. The molecular formula is C6H11FN-. The molecule has 0 saturated carbocycles. The predicted molar refractivity (Wildman–Crippen MR) is 31.1 cm³/mol. The van der Waals surface area contributed by atoms with Crippen LogP contribution in [0.15, 0.2) is 0 Å². The molecule has 0 aliphatic carbocycles. The van der Waals surface area contributed by atoms with E-state index in [9.17, 15) is 4.39 Å². The van der Waals surface area contributed by atoms with Crippen LogP contribution in [-0.4, -0.2) is 24.2 Å². The lowest BCUT2D eigenvalue weighted by Crippen LogP contribution is -2.29. The molecule has 1 rings (SSSR count). The second-order valence-corrected chi connectivity index (χ2v) is 2.29. The topological polar surface area (TPSA) is 3.24 Å². The molecule has 0 atom stereocenters. The normalized spacial score (nSPS) is 26.2. The molecule has 0 aromatic rings. The molecule has 1 fully saturated rings. The summed E-state index contributed by atoms with van der Waals surface area (Å²) < 4.78 is 12.3. The second-order valence-electron chi connectivity index (χ2n) is 2.29. The molecule has 1 heterocycles. The molecule has 0 bridgehead atoms. The van der Waals surface area contributed by atoms with Crippen LogP contribution in [0.2, 0.25) is 0 Å². The Morgan fingerprint density at radius 2 is 1.88 bits per heavy atom. The van der Waals surface area contributed by atoms with Crippen LogP contribution in [0.5, 0.6) is 0 Å². The Labute approximate surface area is 49.5 Å². The summed E-state index contributed by atoms with van der Waals surface area (Å²) in [5.41, 5.74) is 0. The molecule has 48 valence electrons. The molecule has 0 radical (unpaired) electrons. The van der Waals surface area contributed by atoms with Gasteiger partial charge in [0.15, 0.2) is 0 Å². The standard InChI is InChI=1S/C6H11FN/c1-8-4-2-6(7)3-5-8/h6H,1-5H2/q-1. The fourth-order valence-electron chi connectivity index (χ4n) is 0.901. The number of hydrogen-bond acceptors (Lipinski definition) is 1. The monoisotopic (exact) mass is 116 g/mol. The quantitative estimate of drug-likeness (QED) is 0.430. The van der Waals surface area contributed by atoms with Gasteiger partial charge in [-0.05, 0) is 25.9 Å². The average molecular weight is 116 g/mol. The van der Waals surface area contributed by atoms with Gasteiger partial charge in [0, 0.05) is 0 Å². The lowest BCUT2D eigenvalue weighted by atomic mass is 10.1. The van der Waals surface area contributed by atoms with Crippen molar-refractivity contribution in [1.29, 1.82) is 0 Å². The van der Waals surface area contributed by atoms with Gasteiger partial charge in [-0.2, -0.15) is 0 Å². The van der Waals surface area contributed by atoms with Crippen LogP contribution in [0.1, 0.15) is 12.8 Å². The third kappa shape index (κ3) is 1.44. The Morgan fingerprint density at radius 1 is 1.38 bits per heavy atom. The van der Waals surface area contributed by atoms with Gasteiger partial charge in [-0.1, -0.05) is 0 Å². The Kier molecular flexibility index (Phi) is 1.84. The Balaban J connectivity index is 2.19. The number of halogens is 1. The second kappa shape index (κ2) is 2.44. The van der Waals surface area contributed by atoms with Gasteiger partial charge >= 0.3 is 0 Å². The third-order valence-corrected chi connectivity index (χ3v) is 1.52. The van der Waals surface area contributed by atoms with Crippen LogP contribution in [0.4, 0.5) is 4.39 Å². The van der Waals surface area contributed by atoms with Crippen LogP contribution < -0.4 is 0 Å². The lowest BCUT2D eigenvalue weighted by Gasteiger charge is -2.30. The maximum Gasteiger partial charge on any atom is 0.102 e. The average Bonchev–Trinajstić information content (AvgIpc) is 1.77. The van der Waals surface area contributed by atoms with Crippen molar-refractivity contribution in [3.8, 4) is 0 Å². The first-order chi connectivity index (χ1) is 3.79. The summed E-state index contributed by atoms with van der Waals surface area (Å²) in [7, 11) is 3.70. The Hall–Kier alpha value is -0.110. The molecular weight excluding hydrogens is 105 g/mol. The fourth-order valence-corrected chi connectivity index (χ4v) is 0.901. The molecule has 0 N–H and O–H groups in total. The van der Waals surface area contributed by atoms with Gasteiger partial charge in [-0.25, -0.2) is 4.39 Å². The zero-order chi connectivity index (χ0) is 5.98. The van der Waals surface area contributed by atoms with Crippen LogP contribution in [0.3, 0.4) is 0 Å². The summed E-state index contributed by atoms with van der Waals surface area (Å²) >= 11 is 0. The molecule has 1 nitrogen and oxygen atoms in total. The van der Waals surface area contributed by atoms with Crippen molar-refractivity contribution >= 4 is 0 Å². The zero-order valence-corrected chi connectivity index (χ0v) is 4.94. The van der Waals surface area contributed by atoms with E-state index in [0.29, 0.717) is 12.8 Å². The fraction of sp³-hybridized carbons (Fsp3) is 0.833. The van der Waals surface area contributed by atoms with E-state index in [1.165, 1.54) is 0 Å². The summed E-state index contributed by atoms with van der Waals surface area (Å²) in [4.78, 5) is 1.91. The van der Waals surface area contributed by atoms with Crippen molar-refractivity contribution in [2.75, 3.05) is 13.1 Å². The van der Waals surface area contributed by atoms with Crippen LogP contribution in [0, 0.1) is 7.05 Å². The van der Waals surface area contributed by atoms with Crippen molar-refractivity contribution in [1.82, 2.24) is 4.90 Å². The van der Waals surface area contributed by atoms with E-state index in [0.717, 1.165) is 13.1 Å². The molecule has 1 aliphatic rings. The van der Waals surface area contributed by atoms with Gasteiger partial charge in [0.2, 0.25) is 0 Å². The summed E-state index contributed by atoms with van der Waals surface area (Å²) in [5.74, 6) is 0. The number of nitrogens with zero attached hydrogens (tertiary/aromatic N) is 1. The molecule has 8 heavy (non-hydrogen) atoms. The summed E-state index contributed by atoms with van der Waals surface area (Å²) in [5, 5.41) is 0. The van der Waals surface area contributed by atoms with Gasteiger partial charge in [-0.3, -0.25) is 7.05 Å². The molecule has 2 heteroatoms. The molecule has 0 aromatic heterocycles. The highest BCUT2D eigenvalue weighted by Gasteiger charge is 2.10. The van der Waals surface area contributed by atoms with E-state index in [2.05, 4.69) is 7.05 Å². The predicted octanol–water partition coefficient (Wildman–Crippen LogP) is 1.21. The molecule has 1 aliphatic heterocycles. The van der Waals surface area contributed by atoms with Gasteiger partial charge in [0.25, 0.3) is 0 Å². The Bertz CT molecular complexity index is 56.9. The van der Waals surface area contributed by atoms with Crippen LogP contribution >= 0.6 is 0 Å². The van der Waals surface area contributed by atoms with Crippen molar-refractivity contribution in [2.45, 2.75) is 19.0 Å². The summed E-state index contributed by atoms with van der Waals surface area (Å²) in [6.07, 6.45) is 0.778. The van der Waals surface area contributed by atoms with Gasteiger partial charge in [0.05, 0.1) is 0 Å². The molecule has 0 unspecified atom stereocenters. The largest absolute Gasteiger partial charge is 0.459 e. The first-order valence-corrected chi connectivity index (χ1v) is 2.98. The van der Waals surface area contributed by atoms with Crippen molar-refractivity contribution in [2.24, 2.45) is 0 Å². The minimum Gasteiger partial charge on any atom is -0.459 e. The maximum atomic E-state index is 12.3. The van der Waals surface area contributed by atoms with E-state index in [4.69, 9.17) is 0 Å². The lowest BCUT2D eigenvalue weighted by molar-refractivity contribution is 0.188. The first kappa shape index (κ1) is 6.02. The van der Waals surface area contributed by atoms with E-state index >= 15 is 0 Å².